The van der Waals surface area contributed by atoms with Crippen molar-refractivity contribution in [3.63, 3.8) is 0 Å². The standard InChI is InChI=1S/C18H19BrN2O3/c1-12-3-2-4-13(11-12)18(23)21-9-7-14(8-10-21)20-17(22)15-5-6-16(19)24-15/h2-6,11,14H,7-10H2,1H3,(H,20,22). The highest BCUT2D eigenvalue weighted by molar-refractivity contribution is 9.10. The Kier molecular flexibility index (Phi) is 5.04. The van der Waals surface area contributed by atoms with Crippen LogP contribution in [0, 0.1) is 6.92 Å². The molecule has 5 nitrogen and oxygen atoms in total. The summed E-state index contributed by atoms with van der Waals surface area (Å²) in [7, 11) is 0. The minimum atomic E-state index is -0.218. The highest BCUT2D eigenvalue weighted by Gasteiger charge is 2.25. The third-order valence-corrected chi connectivity index (χ3v) is 4.61. The first-order chi connectivity index (χ1) is 11.5. The predicted molar refractivity (Wildman–Crippen MR) is 94.0 cm³/mol. The molecule has 2 heterocycles. The zero-order chi connectivity index (χ0) is 17.1. The van der Waals surface area contributed by atoms with Crippen LogP contribution in [0.4, 0.5) is 0 Å². The van der Waals surface area contributed by atoms with Crippen LogP contribution in [0.3, 0.4) is 0 Å². The van der Waals surface area contributed by atoms with Crippen LogP contribution in [0.2, 0.25) is 0 Å². The van der Waals surface area contributed by atoms with Crippen molar-refractivity contribution in [1.82, 2.24) is 10.2 Å². The van der Waals surface area contributed by atoms with Crippen LogP contribution in [-0.4, -0.2) is 35.8 Å². The molecule has 1 saturated heterocycles. The number of piperidine rings is 1. The van der Waals surface area contributed by atoms with Gasteiger partial charge in [0, 0.05) is 24.7 Å². The zero-order valence-corrected chi connectivity index (χ0v) is 15.0. The van der Waals surface area contributed by atoms with Gasteiger partial charge in [-0.05, 0) is 60.0 Å². The summed E-state index contributed by atoms with van der Waals surface area (Å²) >= 11 is 3.19. The Morgan fingerprint density at radius 3 is 2.58 bits per heavy atom. The Morgan fingerprint density at radius 1 is 1.21 bits per heavy atom. The molecule has 0 radical (unpaired) electrons. The van der Waals surface area contributed by atoms with Gasteiger partial charge in [0.2, 0.25) is 0 Å². The molecule has 0 saturated carbocycles. The van der Waals surface area contributed by atoms with Gasteiger partial charge in [0.05, 0.1) is 0 Å². The molecule has 1 aliphatic rings. The third kappa shape index (κ3) is 3.87. The van der Waals surface area contributed by atoms with E-state index >= 15 is 0 Å². The van der Waals surface area contributed by atoms with E-state index in [0.29, 0.717) is 23.5 Å². The van der Waals surface area contributed by atoms with Gasteiger partial charge in [0.25, 0.3) is 11.8 Å². The van der Waals surface area contributed by atoms with E-state index in [0.717, 1.165) is 24.0 Å². The van der Waals surface area contributed by atoms with Crippen molar-refractivity contribution in [2.45, 2.75) is 25.8 Å². The second-order valence-electron chi connectivity index (χ2n) is 6.01. The van der Waals surface area contributed by atoms with E-state index in [-0.39, 0.29) is 17.9 Å². The fraction of sp³-hybridized carbons (Fsp3) is 0.333. The first kappa shape index (κ1) is 16.8. The lowest BCUT2D eigenvalue weighted by atomic mass is 10.0. The molecule has 1 aromatic carbocycles. The van der Waals surface area contributed by atoms with Crippen LogP contribution in [0.25, 0.3) is 0 Å². The van der Waals surface area contributed by atoms with Gasteiger partial charge < -0.3 is 14.6 Å². The Labute approximate surface area is 149 Å². The van der Waals surface area contributed by atoms with E-state index in [1.54, 1.807) is 12.1 Å². The number of nitrogens with one attached hydrogen (secondary N) is 1. The maximum absolute atomic E-state index is 12.5. The van der Waals surface area contributed by atoms with Gasteiger partial charge in [-0.25, -0.2) is 0 Å². The van der Waals surface area contributed by atoms with Gasteiger partial charge in [-0.1, -0.05) is 17.7 Å². The number of rotatable bonds is 3. The van der Waals surface area contributed by atoms with Crippen molar-refractivity contribution in [1.29, 1.82) is 0 Å². The molecule has 24 heavy (non-hydrogen) atoms. The SMILES string of the molecule is Cc1cccc(C(=O)N2CCC(NC(=O)c3ccc(Br)o3)CC2)c1. The normalized spacial score (nSPS) is 15.3. The summed E-state index contributed by atoms with van der Waals surface area (Å²) in [6.45, 7) is 3.25. The molecule has 1 aliphatic heterocycles. The number of likely N-dealkylation sites (tertiary alicyclic amines) is 1. The van der Waals surface area contributed by atoms with Crippen molar-refractivity contribution in [3.8, 4) is 0 Å². The first-order valence-electron chi connectivity index (χ1n) is 7.95. The topological polar surface area (TPSA) is 62.6 Å². The van der Waals surface area contributed by atoms with E-state index in [9.17, 15) is 9.59 Å². The van der Waals surface area contributed by atoms with Crippen LogP contribution < -0.4 is 5.32 Å². The largest absolute Gasteiger partial charge is 0.444 e. The van der Waals surface area contributed by atoms with Gasteiger partial charge in [0.1, 0.15) is 0 Å². The van der Waals surface area contributed by atoms with Crippen LogP contribution in [0.15, 0.2) is 45.5 Å². The molecule has 1 aromatic heterocycles. The second kappa shape index (κ2) is 7.21. The molecule has 0 unspecified atom stereocenters. The summed E-state index contributed by atoms with van der Waals surface area (Å²) < 4.78 is 5.79. The minimum Gasteiger partial charge on any atom is -0.444 e. The van der Waals surface area contributed by atoms with Gasteiger partial charge >= 0.3 is 0 Å². The fourth-order valence-corrected chi connectivity index (χ4v) is 3.19. The molecule has 2 aromatic rings. The summed E-state index contributed by atoms with van der Waals surface area (Å²) in [5.74, 6) is 0.128. The van der Waals surface area contributed by atoms with Crippen LogP contribution in [0.5, 0.6) is 0 Å². The summed E-state index contributed by atoms with van der Waals surface area (Å²) in [5, 5.41) is 2.97. The predicted octanol–water partition coefficient (Wildman–Crippen LogP) is 3.39. The molecule has 0 bridgehead atoms. The highest BCUT2D eigenvalue weighted by Crippen LogP contribution is 2.17. The molecule has 6 heteroatoms. The number of hydrogen-bond donors (Lipinski definition) is 1. The number of halogens is 1. The van der Waals surface area contributed by atoms with Crippen LogP contribution in [-0.2, 0) is 0 Å². The number of amides is 2. The number of nitrogens with zero attached hydrogens (tertiary/aromatic N) is 1. The van der Waals surface area contributed by atoms with E-state index in [4.69, 9.17) is 4.42 Å². The van der Waals surface area contributed by atoms with Crippen molar-refractivity contribution in [2.24, 2.45) is 0 Å². The van der Waals surface area contributed by atoms with Crippen molar-refractivity contribution in [2.75, 3.05) is 13.1 Å². The summed E-state index contributed by atoms with van der Waals surface area (Å²) in [4.78, 5) is 26.5. The molecule has 0 spiro atoms. The van der Waals surface area contributed by atoms with Crippen LogP contribution >= 0.6 is 15.9 Å². The lowest BCUT2D eigenvalue weighted by Crippen LogP contribution is -2.46. The quantitative estimate of drug-likeness (QED) is 0.873. The van der Waals surface area contributed by atoms with E-state index < -0.39 is 0 Å². The number of carbonyl (C=O) groups is 2. The van der Waals surface area contributed by atoms with Crippen molar-refractivity contribution in [3.05, 3.63) is 58.0 Å². The molecule has 2 amide bonds. The van der Waals surface area contributed by atoms with Crippen molar-refractivity contribution < 1.29 is 14.0 Å². The van der Waals surface area contributed by atoms with Gasteiger partial charge in [-0.2, -0.15) is 0 Å². The molecular formula is C18H19BrN2O3. The maximum Gasteiger partial charge on any atom is 0.287 e. The molecule has 1 fully saturated rings. The molecule has 126 valence electrons. The Morgan fingerprint density at radius 2 is 1.96 bits per heavy atom. The number of benzene rings is 1. The number of furan rings is 1. The smallest absolute Gasteiger partial charge is 0.287 e. The monoisotopic (exact) mass is 390 g/mol. The van der Waals surface area contributed by atoms with Gasteiger partial charge in [-0.3, -0.25) is 9.59 Å². The summed E-state index contributed by atoms with van der Waals surface area (Å²) in [6.07, 6.45) is 1.48. The zero-order valence-electron chi connectivity index (χ0n) is 13.4. The molecular weight excluding hydrogens is 372 g/mol. The first-order valence-corrected chi connectivity index (χ1v) is 8.74. The fourth-order valence-electron chi connectivity index (χ4n) is 2.88. The van der Waals surface area contributed by atoms with E-state index in [1.165, 1.54) is 0 Å². The molecule has 0 atom stereocenters. The average Bonchev–Trinajstić information content (AvgIpc) is 3.01. The Balaban J connectivity index is 1.54. The van der Waals surface area contributed by atoms with Crippen LogP contribution in [0.1, 0.15) is 39.3 Å². The van der Waals surface area contributed by atoms with E-state index in [1.807, 2.05) is 36.1 Å². The Bertz CT molecular complexity index is 748. The van der Waals surface area contributed by atoms with Gasteiger partial charge in [0.15, 0.2) is 10.4 Å². The average molecular weight is 391 g/mol. The van der Waals surface area contributed by atoms with E-state index in [2.05, 4.69) is 21.2 Å². The maximum atomic E-state index is 12.5. The lowest BCUT2D eigenvalue weighted by molar-refractivity contribution is 0.0695. The minimum absolute atomic E-state index is 0.0541. The highest BCUT2D eigenvalue weighted by atomic mass is 79.9. The number of carbonyl (C=O) groups excluding carboxylic acids is 2. The summed E-state index contributed by atoms with van der Waals surface area (Å²) in [5.41, 5.74) is 1.80. The lowest BCUT2D eigenvalue weighted by Gasteiger charge is -2.32. The summed E-state index contributed by atoms with van der Waals surface area (Å²) in [6, 6.07) is 11.0. The second-order valence-corrected chi connectivity index (χ2v) is 6.79. The van der Waals surface area contributed by atoms with Gasteiger partial charge in [-0.15, -0.1) is 0 Å². The molecule has 1 N–H and O–H groups in total. The Hall–Kier alpha value is -2.08. The molecule has 0 aliphatic carbocycles. The van der Waals surface area contributed by atoms with Crippen molar-refractivity contribution >= 4 is 27.7 Å². The number of hydrogen-bond acceptors (Lipinski definition) is 3. The third-order valence-electron chi connectivity index (χ3n) is 4.18. The number of aryl methyl sites for hydroxylation is 1. The molecule has 3 rings (SSSR count).